The standard InChI is InChI=1S/C13H17BrN2O2/c14-12-7-4-6-11(15-12)13(18)16-8-3-1-2-5-10(16)9-17/h4,6-7,10,17H,1-3,5,8-9H2. The van der Waals surface area contributed by atoms with E-state index in [-0.39, 0.29) is 18.6 Å². The lowest BCUT2D eigenvalue weighted by Gasteiger charge is -2.28. The molecule has 5 heteroatoms. The van der Waals surface area contributed by atoms with Gasteiger partial charge in [0.2, 0.25) is 0 Å². The first-order chi connectivity index (χ1) is 8.72. The highest BCUT2D eigenvalue weighted by atomic mass is 79.9. The summed E-state index contributed by atoms with van der Waals surface area (Å²) in [5.41, 5.74) is 0.435. The van der Waals surface area contributed by atoms with E-state index in [0.717, 1.165) is 25.7 Å². The molecule has 2 rings (SSSR count). The minimum Gasteiger partial charge on any atom is -0.394 e. The molecular formula is C13H17BrN2O2. The van der Waals surface area contributed by atoms with Crippen molar-refractivity contribution in [1.29, 1.82) is 0 Å². The van der Waals surface area contributed by atoms with Gasteiger partial charge in [-0.25, -0.2) is 4.98 Å². The highest BCUT2D eigenvalue weighted by Gasteiger charge is 2.26. The number of amides is 1. The van der Waals surface area contributed by atoms with Crippen LogP contribution in [0.1, 0.15) is 36.2 Å². The maximum Gasteiger partial charge on any atom is 0.272 e. The minimum absolute atomic E-state index is 0.0275. The number of carbonyl (C=O) groups is 1. The van der Waals surface area contributed by atoms with Crippen molar-refractivity contribution in [3.8, 4) is 0 Å². The molecule has 1 fully saturated rings. The molecule has 0 saturated carbocycles. The zero-order valence-electron chi connectivity index (χ0n) is 10.2. The van der Waals surface area contributed by atoms with E-state index in [1.165, 1.54) is 0 Å². The molecule has 1 aromatic heterocycles. The third-order valence-corrected chi connectivity index (χ3v) is 3.72. The first kappa shape index (κ1) is 13.5. The van der Waals surface area contributed by atoms with E-state index in [9.17, 15) is 9.90 Å². The second-order valence-electron chi connectivity index (χ2n) is 4.53. The van der Waals surface area contributed by atoms with Crippen LogP contribution in [-0.2, 0) is 0 Å². The molecule has 0 spiro atoms. The molecule has 1 amide bonds. The van der Waals surface area contributed by atoms with Gasteiger partial charge in [0, 0.05) is 6.54 Å². The van der Waals surface area contributed by atoms with E-state index in [2.05, 4.69) is 20.9 Å². The zero-order chi connectivity index (χ0) is 13.0. The Labute approximate surface area is 115 Å². The molecule has 0 bridgehead atoms. The molecule has 4 nitrogen and oxygen atoms in total. The molecule has 1 N–H and O–H groups in total. The number of hydrogen-bond acceptors (Lipinski definition) is 3. The van der Waals surface area contributed by atoms with Crippen molar-refractivity contribution in [3.05, 3.63) is 28.5 Å². The zero-order valence-corrected chi connectivity index (χ0v) is 11.8. The van der Waals surface area contributed by atoms with E-state index in [0.29, 0.717) is 16.8 Å². The Hall–Kier alpha value is -0.940. The van der Waals surface area contributed by atoms with Gasteiger partial charge in [-0.15, -0.1) is 0 Å². The molecule has 1 unspecified atom stereocenters. The normalized spacial score (nSPS) is 20.6. The average molecular weight is 313 g/mol. The van der Waals surface area contributed by atoms with Gasteiger partial charge in [0.25, 0.3) is 5.91 Å². The molecule has 1 aromatic rings. The summed E-state index contributed by atoms with van der Waals surface area (Å²) >= 11 is 3.27. The molecule has 1 saturated heterocycles. The number of pyridine rings is 1. The topological polar surface area (TPSA) is 53.4 Å². The highest BCUT2D eigenvalue weighted by Crippen LogP contribution is 2.19. The van der Waals surface area contributed by atoms with Crippen LogP contribution in [0.5, 0.6) is 0 Å². The number of rotatable bonds is 2. The van der Waals surface area contributed by atoms with E-state index < -0.39 is 0 Å². The van der Waals surface area contributed by atoms with Crippen LogP contribution in [0.25, 0.3) is 0 Å². The number of hydrogen-bond donors (Lipinski definition) is 1. The number of nitrogens with zero attached hydrogens (tertiary/aromatic N) is 2. The van der Waals surface area contributed by atoms with Gasteiger partial charge in [-0.3, -0.25) is 4.79 Å². The third-order valence-electron chi connectivity index (χ3n) is 3.28. The average Bonchev–Trinajstić information content (AvgIpc) is 2.62. The molecular weight excluding hydrogens is 296 g/mol. The Morgan fingerprint density at radius 1 is 1.44 bits per heavy atom. The van der Waals surface area contributed by atoms with Gasteiger partial charge in [-0.05, 0) is 40.9 Å². The molecule has 2 heterocycles. The van der Waals surface area contributed by atoms with Crippen LogP contribution in [-0.4, -0.2) is 40.1 Å². The summed E-state index contributed by atoms with van der Waals surface area (Å²) in [5, 5.41) is 9.41. The van der Waals surface area contributed by atoms with E-state index in [4.69, 9.17) is 0 Å². The maximum absolute atomic E-state index is 12.4. The molecule has 0 aromatic carbocycles. The van der Waals surface area contributed by atoms with Gasteiger partial charge >= 0.3 is 0 Å². The van der Waals surface area contributed by atoms with Crippen LogP contribution in [0.2, 0.25) is 0 Å². The van der Waals surface area contributed by atoms with Gasteiger partial charge in [0.05, 0.1) is 12.6 Å². The van der Waals surface area contributed by atoms with Crippen molar-refractivity contribution in [2.75, 3.05) is 13.2 Å². The van der Waals surface area contributed by atoms with Gasteiger partial charge in [0.15, 0.2) is 0 Å². The van der Waals surface area contributed by atoms with Crippen LogP contribution in [0.4, 0.5) is 0 Å². The lowest BCUT2D eigenvalue weighted by atomic mass is 10.1. The second kappa shape index (κ2) is 6.29. The van der Waals surface area contributed by atoms with Crippen molar-refractivity contribution in [1.82, 2.24) is 9.88 Å². The first-order valence-corrected chi connectivity index (χ1v) is 7.06. The quantitative estimate of drug-likeness (QED) is 0.852. The van der Waals surface area contributed by atoms with Gasteiger partial charge in [0.1, 0.15) is 10.3 Å². The fourth-order valence-corrected chi connectivity index (χ4v) is 2.65. The predicted octanol–water partition coefficient (Wildman–Crippen LogP) is 2.22. The summed E-state index contributed by atoms with van der Waals surface area (Å²) in [6.07, 6.45) is 4.06. The van der Waals surface area contributed by atoms with Crippen molar-refractivity contribution in [3.63, 3.8) is 0 Å². The van der Waals surface area contributed by atoms with Crippen LogP contribution in [0, 0.1) is 0 Å². The summed E-state index contributed by atoms with van der Waals surface area (Å²) in [4.78, 5) is 18.4. The van der Waals surface area contributed by atoms with Crippen LogP contribution >= 0.6 is 15.9 Å². The summed E-state index contributed by atoms with van der Waals surface area (Å²) < 4.78 is 0.656. The monoisotopic (exact) mass is 312 g/mol. The van der Waals surface area contributed by atoms with E-state index in [1.807, 2.05) is 0 Å². The van der Waals surface area contributed by atoms with Crippen LogP contribution in [0.3, 0.4) is 0 Å². The smallest absolute Gasteiger partial charge is 0.272 e. The summed E-state index contributed by atoms with van der Waals surface area (Å²) in [5.74, 6) is -0.0859. The van der Waals surface area contributed by atoms with Crippen molar-refractivity contribution in [2.24, 2.45) is 0 Å². The number of aliphatic hydroxyl groups excluding tert-OH is 1. The van der Waals surface area contributed by atoms with Crippen molar-refractivity contribution < 1.29 is 9.90 Å². The number of aliphatic hydroxyl groups is 1. The molecule has 18 heavy (non-hydrogen) atoms. The fourth-order valence-electron chi connectivity index (χ4n) is 2.31. The Bertz CT molecular complexity index is 425. The number of halogens is 1. The Balaban J connectivity index is 2.19. The molecule has 1 aliphatic rings. The lowest BCUT2D eigenvalue weighted by Crippen LogP contribution is -2.42. The predicted molar refractivity (Wildman–Crippen MR) is 72.3 cm³/mol. The number of likely N-dealkylation sites (tertiary alicyclic amines) is 1. The van der Waals surface area contributed by atoms with Crippen molar-refractivity contribution in [2.45, 2.75) is 31.7 Å². The Morgan fingerprint density at radius 3 is 3.00 bits per heavy atom. The lowest BCUT2D eigenvalue weighted by molar-refractivity contribution is 0.0594. The second-order valence-corrected chi connectivity index (χ2v) is 5.34. The molecule has 98 valence electrons. The molecule has 1 aliphatic heterocycles. The Kier molecular flexibility index (Phi) is 4.72. The largest absolute Gasteiger partial charge is 0.394 e. The summed E-state index contributed by atoms with van der Waals surface area (Å²) in [6.45, 7) is 0.734. The highest BCUT2D eigenvalue weighted by molar-refractivity contribution is 9.10. The molecule has 0 radical (unpaired) electrons. The third kappa shape index (κ3) is 3.09. The summed E-state index contributed by atoms with van der Waals surface area (Å²) in [7, 11) is 0. The molecule has 1 atom stereocenters. The molecule has 0 aliphatic carbocycles. The van der Waals surface area contributed by atoms with E-state index in [1.54, 1.807) is 23.1 Å². The fraction of sp³-hybridized carbons (Fsp3) is 0.538. The van der Waals surface area contributed by atoms with Crippen molar-refractivity contribution >= 4 is 21.8 Å². The summed E-state index contributed by atoms with van der Waals surface area (Å²) in [6, 6.07) is 5.24. The van der Waals surface area contributed by atoms with Gasteiger partial charge in [-0.2, -0.15) is 0 Å². The SMILES string of the molecule is O=C(c1cccc(Br)n1)N1CCCCCC1CO. The minimum atomic E-state index is -0.0859. The van der Waals surface area contributed by atoms with Crippen LogP contribution < -0.4 is 0 Å². The Morgan fingerprint density at radius 2 is 2.28 bits per heavy atom. The van der Waals surface area contributed by atoms with E-state index >= 15 is 0 Å². The van der Waals surface area contributed by atoms with Crippen LogP contribution in [0.15, 0.2) is 22.8 Å². The number of aromatic nitrogens is 1. The number of carbonyl (C=O) groups excluding carboxylic acids is 1. The van der Waals surface area contributed by atoms with Gasteiger partial charge < -0.3 is 10.0 Å². The van der Waals surface area contributed by atoms with Gasteiger partial charge in [-0.1, -0.05) is 18.9 Å². The first-order valence-electron chi connectivity index (χ1n) is 6.27. The maximum atomic E-state index is 12.4.